The van der Waals surface area contributed by atoms with Gasteiger partial charge < -0.3 is 14.0 Å². The number of hydrogen-bond donors (Lipinski definition) is 0. The first-order valence-electron chi connectivity index (χ1n) is 3.51. The van der Waals surface area contributed by atoms with Crippen molar-refractivity contribution >= 4 is 11.1 Å². The van der Waals surface area contributed by atoms with E-state index in [1.54, 1.807) is 18.2 Å². The molecule has 0 aliphatic carbocycles. The van der Waals surface area contributed by atoms with E-state index in [9.17, 15) is 8.76 Å². The third-order valence-electron chi connectivity index (χ3n) is 1.55. The summed E-state index contributed by atoms with van der Waals surface area (Å²) >= 11 is -2.35. The van der Waals surface area contributed by atoms with Crippen LogP contribution in [0.15, 0.2) is 23.1 Å². The SMILES string of the molecule is COc1cccc(OC)c1S(=O)[O-].[Na+]. The maximum atomic E-state index is 10.8. The summed E-state index contributed by atoms with van der Waals surface area (Å²) < 4.78 is 31.4. The summed E-state index contributed by atoms with van der Waals surface area (Å²) in [5, 5.41) is 0. The van der Waals surface area contributed by atoms with Crippen LogP contribution in [-0.2, 0) is 11.1 Å². The van der Waals surface area contributed by atoms with Crippen molar-refractivity contribution in [1.29, 1.82) is 0 Å². The van der Waals surface area contributed by atoms with Crippen LogP contribution in [0.4, 0.5) is 0 Å². The van der Waals surface area contributed by atoms with Gasteiger partial charge in [-0.15, -0.1) is 0 Å². The largest absolute Gasteiger partial charge is 1.00 e. The van der Waals surface area contributed by atoms with E-state index in [1.165, 1.54) is 14.2 Å². The molecule has 0 radical (unpaired) electrons. The zero-order valence-corrected chi connectivity index (χ0v) is 11.1. The molecule has 1 aromatic rings. The first kappa shape index (κ1) is 13.9. The van der Waals surface area contributed by atoms with Crippen LogP contribution in [-0.4, -0.2) is 23.0 Å². The fourth-order valence-electron chi connectivity index (χ4n) is 0.981. The van der Waals surface area contributed by atoms with Crippen molar-refractivity contribution in [1.82, 2.24) is 0 Å². The molecule has 4 nitrogen and oxygen atoms in total. The average molecular weight is 224 g/mol. The van der Waals surface area contributed by atoms with E-state index in [0.29, 0.717) is 0 Å². The summed E-state index contributed by atoms with van der Waals surface area (Å²) in [4.78, 5) is 0.0486. The second-order valence-electron chi connectivity index (χ2n) is 2.23. The minimum atomic E-state index is -2.35. The van der Waals surface area contributed by atoms with Crippen molar-refractivity contribution in [3.05, 3.63) is 18.2 Å². The zero-order valence-electron chi connectivity index (χ0n) is 8.27. The van der Waals surface area contributed by atoms with Crippen LogP contribution in [0.5, 0.6) is 11.5 Å². The van der Waals surface area contributed by atoms with Gasteiger partial charge in [-0.25, -0.2) is 0 Å². The predicted octanol–water partition coefficient (Wildman–Crippen LogP) is -2.05. The van der Waals surface area contributed by atoms with Crippen molar-refractivity contribution in [2.24, 2.45) is 0 Å². The standard InChI is InChI=1S/C8H10O4S.Na/c1-11-6-4-3-5-7(12-2)8(6)13(9)10;/h3-5H,1-2H3,(H,9,10);/q;+1/p-1. The molecule has 1 atom stereocenters. The molecule has 1 aromatic carbocycles. The van der Waals surface area contributed by atoms with Gasteiger partial charge in [-0.2, -0.15) is 0 Å². The van der Waals surface area contributed by atoms with Crippen molar-refractivity contribution < 1.29 is 47.8 Å². The molecule has 1 unspecified atom stereocenters. The van der Waals surface area contributed by atoms with E-state index in [4.69, 9.17) is 9.47 Å². The molecule has 14 heavy (non-hydrogen) atoms. The molecule has 0 heterocycles. The van der Waals surface area contributed by atoms with Crippen LogP contribution in [0.2, 0.25) is 0 Å². The van der Waals surface area contributed by atoms with Crippen LogP contribution < -0.4 is 39.0 Å². The van der Waals surface area contributed by atoms with Gasteiger partial charge >= 0.3 is 29.6 Å². The summed E-state index contributed by atoms with van der Waals surface area (Å²) in [6, 6.07) is 4.79. The molecule has 0 spiro atoms. The Morgan fingerprint density at radius 1 is 1.21 bits per heavy atom. The zero-order chi connectivity index (χ0) is 9.84. The predicted molar refractivity (Wildman–Crippen MR) is 46.7 cm³/mol. The van der Waals surface area contributed by atoms with Crippen LogP contribution >= 0.6 is 0 Å². The van der Waals surface area contributed by atoms with Crippen LogP contribution in [0.3, 0.4) is 0 Å². The molecule has 0 bridgehead atoms. The molecule has 0 aliphatic rings. The van der Waals surface area contributed by atoms with E-state index in [-0.39, 0.29) is 46.0 Å². The Hall–Kier alpha value is -0.0700. The quantitative estimate of drug-likeness (QED) is 0.438. The molecule has 0 aromatic heterocycles. The summed E-state index contributed by atoms with van der Waals surface area (Å²) in [7, 11) is 2.82. The molecule has 0 saturated carbocycles. The number of methoxy groups -OCH3 is 2. The van der Waals surface area contributed by atoms with Crippen LogP contribution in [0.1, 0.15) is 0 Å². The van der Waals surface area contributed by atoms with Gasteiger partial charge in [0.1, 0.15) is 16.4 Å². The smallest absolute Gasteiger partial charge is 0.768 e. The summed E-state index contributed by atoms with van der Waals surface area (Å²) in [5.74, 6) is 0.570. The summed E-state index contributed by atoms with van der Waals surface area (Å²) in [6.45, 7) is 0. The second-order valence-corrected chi connectivity index (χ2v) is 3.10. The third-order valence-corrected chi connectivity index (χ3v) is 2.28. The van der Waals surface area contributed by atoms with Gasteiger partial charge in [0, 0.05) is 0 Å². The fraction of sp³-hybridized carbons (Fsp3) is 0.250. The van der Waals surface area contributed by atoms with Gasteiger partial charge in [-0.3, -0.25) is 4.21 Å². The van der Waals surface area contributed by atoms with Crippen molar-refractivity contribution in [2.45, 2.75) is 4.90 Å². The Morgan fingerprint density at radius 3 is 1.93 bits per heavy atom. The molecule has 1 rings (SSSR count). The van der Waals surface area contributed by atoms with Crippen LogP contribution in [0.25, 0.3) is 0 Å². The molecule has 0 aliphatic heterocycles. The molecule has 0 fully saturated rings. The van der Waals surface area contributed by atoms with E-state index < -0.39 is 11.1 Å². The minimum absolute atomic E-state index is 0. The Labute approximate surface area is 107 Å². The molecule has 0 N–H and O–H groups in total. The van der Waals surface area contributed by atoms with Crippen molar-refractivity contribution in [3.63, 3.8) is 0 Å². The molecular weight excluding hydrogens is 215 g/mol. The Bertz CT molecular complexity index is 307. The second kappa shape index (κ2) is 6.42. The number of ether oxygens (including phenoxy) is 2. The van der Waals surface area contributed by atoms with E-state index in [2.05, 4.69) is 0 Å². The van der Waals surface area contributed by atoms with E-state index in [0.717, 1.165) is 0 Å². The Morgan fingerprint density at radius 2 is 1.64 bits per heavy atom. The van der Waals surface area contributed by atoms with Crippen LogP contribution in [0, 0.1) is 0 Å². The van der Waals surface area contributed by atoms with Gasteiger partial charge in [-0.1, -0.05) is 6.07 Å². The number of hydrogen-bond acceptors (Lipinski definition) is 4. The topological polar surface area (TPSA) is 58.6 Å². The first-order chi connectivity index (χ1) is 6.20. The van der Waals surface area contributed by atoms with Crippen molar-refractivity contribution in [2.75, 3.05) is 14.2 Å². The molecular formula is C8H9NaO4S. The van der Waals surface area contributed by atoms with Crippen molar-refractivity contribution in [3.8, 4) is 11.5 Å². The Kier molecular flexibility index (Phi) is 6.39. The number of rotatable bonds is 3. The third kappa shape index (κ3) is 2.96. The molecule has 6 heteroatoms. The van der Waals surface area contributed by atoms with Gasteiger partial charge in [0.25, 0.3) is 0 Å². The molecule has 72 valence electrons. The first-order valence-corrected chi connectivity index (χ1v) is 4.58. The van der Waals surface area contributed by atoms with Gasteiger partial charge in [0.05, 0.1) is 14.2 Å². The fourth-order valence-corrected chi connectivity index (χ4v) is 1.61. The van der Waals surface area contributed by atoms with E-state index >= 15 is 0 Å². The summed E-state index contributed by atoms with van der Waals surface area (Å²) in [5.41, 5.74) is 0. The van der Waals surface area contributed by atoms with E-state index in [1.807, 2.05) is 0 Å². The Balaban J connectivity index is 0.00000169. The monoisotopic (exact) mass is 224 g/mol. The minimum Gasteiger partial charge on any atom is -0.768 e. The van der Waals surface area contributed by atoms with Gasteiger partial charge in [-0.05, 0) is 23.2 Å². The molecule has 0 saturated heterocycles. The maximum Gasteiger partial charge on any atom is 1.00 e. The van der Waals surface area contributed by atoms with Gasteiger partial charge in [0.2, 0.25) is 0 Å². The molecule has 0 amide bonds. The van der Waals surface area contributed by atoms with Gasteiger partial charge in [0.15, 0.2) is 0 Å². The summed E-state index contributed by atoms with van der Waals surface area (Å²) in [6.07, 6.45) is 0. The maximum absolute atomic E-state index is 10.8. The number of benzene rings is 1. The normalized spacial score (nSPS) is 11.4. The average Bonchev–Trinajstić information content (AvgIpc) is 2.16.